The van der Waals surface area contributed by atoms with E-state index in [0.717, 1.165) is 17.7 Å². The van der Waals surface area contributed by atoms with Crippen LogP contribution in [0, 0.1) is 0 Å². The van der Waals surface area contributed by atoms with Gasteiger partial charge in [0, 0.05) is 29.8 Å². The lowest BCUT2D eigenvalue weighted by atomic mass is 10.1. The van der Waals surface area contributed by atoms with Crippen molar-refractivity contribution in [1.82, 2.24) is 19.5 Å². The molecule has 1 saturated heterocycles. The van der Waals surface area contributed by atoms with Gasteiger partial charge >= 0.3 is 6.18 Å². The van der Waals surface area contributed by atoms with Crippen LogP contribution in [-0.2, 0) is 10.9 Å². The summed E-state index contributed by atoms with van der Waals surface area (Å²) in [6, 6.07) is 15.7. The van der Waals surface area contributed by atoms with Crippen molar-refractivity contribution in [2.24, 2.45) is 0 Å². The van der Waals surface area contributed by atoms with E-state index in [1.165, 1.54) is 12.1 Å². The third-order valence-electron chi connectivity index (χ3n) is 5.60. The normalized spacial score (nSPS) is 14.6. The first-order valence-corrected chi connectivity index (χ1v) is 10.4. The third kappa shape index (κ3) is 4.19. The van der Waals surface area contributed by atoms with Crippen molar-refractivity contribution < 1.29 is 22.7 Å². The molecule has 1 aliphatic heterocycles. The summed E-state index contributed by atoms with van der Waals surface area (Å²) in [6.45, 7) is 2.23. The Kier molecular flexibility index (Phi) is 5.33. The quantitative estimate of drug-likeness (QED) is 0.458. The maximum atomic E-state index is 12.9. The highest BCUT2D eigenvalue weighted by Crippen LogP contribution is 2.31. The molecule has 2 aromatic heterocycles. The largest absolute Gasteiger partial charge is 0.416 e. The van der Waals surface area contributed by atoms with Crippen LogP contribution in [0.25, 0.3) is 28.2 Å². The van der Waals surface area contributed by atoms with Gasteiger partial charge in [-0.2, -0.15) is 18.3 Å². The second kappa shape index (κ2) is 8.32. The smallest absolute Gasteiger partial charge is 0.378 e. The number of imidazole rings is 1. The number of aromatic nitrogens is 3. The van der Waals surface area contributed by atoms with Crippen LogP contribution in [0.1, 0.15) is 15.9 Å². The van der Waals surface area contributed by atoms with Crippen molar-refractivity contribution in [3.05, 3.63) is 78.0 Å². The molecule has 168 valence electrons. The molecule has 0 unspecified atom stereocenters. The molecule has 1 amide bonds. The fourth-order valence-corrected chi connectivity index (χ4v) is 3.79. The summed E-state index contributed by atoms with van der Waals surface area (Å²) in [6.07, 6.45) is -2.81. The van der Waals surface area contributed by atoms with Gasteiger partial charge in [-0.05, 0) is 36.4 Å². The molecule has 0 saturated carbocycles. The molecule has 0 bridgehead atoms. The standard InChI is InChI=1S/C24H19F3N4O2/c25-24(26,27)19-7-5-17(6-8-19)21-15-28-22-10-9-20(29-31(21)22)16-1-3-18(4-2-16)23(32)30-11-13-33-14-12-30/h1-10,15H,11-14H2. The van der Waals surface area contributed by atoms with Crippen LogP contribution in [0.2, 0.25) is 0 Å². The van der Waals surface area contributed by atoms with Crippen LogP contribution in [0.4, 0.5) is 13.2 Å². The average Bonchev–Trinajstić information content (AvgIpc) is 3.27. The zero-order chi connectivity index (χ0) is 23.0. The van der Waals surface area contributed by atoms with E-state index in [-0.39, 0.29) is 5.91 Å². The molecule has 0 N–H and O–H groups in total. The zero-order valence-electron chi connectivity index (χ0n) is 17.4. The molecule has 33 heavy (non-hydrogen) atoms. The van der Waals surface area contributed by atoms with Gasteiger partial charge in [0.25, 0.3) is 5.91 Å². The summed E-state index contributed by atoms with van der Waals surface area (Å²) in [5, 5.41) is 4.64. The Morgan fingerprint density at radius 3 is 2.21 bits per heavy atom. The summed E-state index contributed by atoms with van der Waals surface area (Å²) in [5.74, 6) is -0.0348. The predicted molar refractivity (Wildman–Crippen MR) is 116 cm³/mol. The lowest BCUT2D eigenvalue weighted by Crippen LogP contribution is -2.40. The summed E-state index contributed by atoms with van der Waals surface area (Å²) >= 11 is 0. The Balaban J connectivity index is 1.43. The zero-order valence-corrected chi connectivity index (χ0v) is 17.4. The van der Waals surface area contributed by atoms with Gasteiger partial charge in [-0.1, -0.05) is 24.3 Å². The first kappa shape index (κ1) is 21.1. The Bertz CT molecular complexity index is 1290. The maximum absolute atomic E-state index is 12.9. The summed E-state index contributed by atoms with van der Waals surface area (Å²) in [7, 11) is 0. The van der Waals surface area contributed by atoms with E-state index in [1.807, 2.05) is 18.2 Å². The molecule has 4 aromatic rings. The van der Waals surface area contributed by atoms with Crippen molar-refractivity contribution in [3.63, 3.8) is 0 Å². The van der Waals surface area contributed by atoms with E-state index in [9.17, 15) is 18.0 Å². The number of nitrogens with zero attached hydrogens (tertiary/aromatic N) is 4. The minimum absolute atomic E-state index is 0.0348. The van der Waals surface area contributed by atoms with Crippen LogP contribution < -0.4 is 0 Å². The molecule has 9 heteroatoms. The van der Waals surface area contributed by atoms with Gasteiger partial charge in [0.1, 0.15) is 0 Å². The predicted octanol–water partition coefficient (Wildman–Crippen LogP) is 4.55. The summed E-state index contributed by atoms with van der Waals surface area (Å²) < 4.78 is 45.5. The van der Waals surface area contributed by atoms with Crippen LogP contribution in [0.3, 0.4) is 0 Å². The molecular formula is C24H19F3N4O2. The summed E-state index contributed by atoms with van der Waals surface area (Å²) in [5.41, 5.74) is 3.08. The number of morpholine rings is 1. The van der Waals surface area contributed by atoms with Crippen molar-refractivity contribution in [1.29, 1.82) is 0 Å². The number of alkyl halides is 3. The maximum Gasteiger partial charge on any atom is 0.416 e. The van der Waals surface area contributed by atoms with Crippen LogP contribution in [0.15, 0.2) is 66.9 Å². The molecule has 0 atom stereocenters. The highest BCUT2D eigenvalue weighted by molar-refractivity contribution is 5.94. The number of hydrogen-bond donors (Lipinski definition) is 0. The van der Waals surface area contributed by atoms with Gasteiger partial charge in [0.05, 0.1) is 36.4 Å². The second-order valence-corrected chi connectivity index (χ2v) is 7.69. The van der Waals surface area contributed by atoms with Gasteiger partial charge in [-0.25, -0.2) is 9.50 Å². The van der Waals surface area contributed by atoms with Gasteiger partial charge in [-0.3, -0.25) is 4.79 Å². The van der Waals surface area contributed by atoms with E-state index in [4.69, 9.17) is 4.74 Å². The van der Waals surface area contributed by atoms with E-state index < -0.39 is 11.7 Å². The molecule has 2 aromatic carbocycles. The molecule has 6 nitrogen and oxygen atoms in total. The van der Waals surface area contributed by atoms with Gasteiger partial charge < -0.3 is 9.64 Å². The molecule has 0 aliphatic carbocycles. The molecule has 0 radical (unpaired) electrons. The minimum atomic E-state index is -4.39. The number of carbonyl (C=O) groups is 1. The van der Waals surface area contributed by atoms with Gasteiger partial charge in [0.2, 0.25) is 0 Å². The number of benzene rings is 2. The Morgan fingerprint density at radius 2 is 1.55 bits per heavy atom. The van der Waals surface area contributed by atoms with Gasteiger partial charge in [-0.15, -0.1) is 0 Å². The summed E-state index contributed by atoms with van der Waals surface area (Å²) in [4.78, 5) is 18.7. The Hall–Kier alpha value is -3.72. The minimum Gasteiger partial charge on any atom is -0.378 e. The van der Waals surface area contributed by atoms with Crippen molar-refractivity contribution in [2.45, 2.75) is 6.18 Å². The first-order chi connectivity index (χ1) is 15.9. The molecule has 1 aliphatic rings. The topological polar surface area (TPSA) is 59.7 Å². The van der Waals surface area contributed by atoms with E-state index in [0.29, 0.717) is 54.5 Å². The third-order valence-corrected chi connectivity index (χ3v) is 5.60. The number of amides is 1. The number of hydrogen-bond acceptors (Lipinski definition) is 4. The number of halogens is 3. The average molecular weight is 452 g/mol. The molecule has 0 spiro atoms. The van der Waals surface area contributed by atoms with Gasteiger partial charge in [0.15, 0.2) is 5.65 Å². The van der Waals surface area contributed by atoms with Crippen molar-refractivity contribution in [3.8, 4) is 22.5 Å². The number of fused-ring (bicyclic) bond motifs is 1. The second-order valence-electron chi connectivity index (χ2n) is 7.69. The number of carbonyl (C=O) groups excluding carboxylic acids is 1. The monoisotopic (exact) mass is 452 g/mol. The van der Waals surface area contributed by atoms with Crippen LogP contribution >= 0.6 is 0 Å². The molecule has 3 heterocycles. The SMILES string of the molecule is O=C(c1ccc(-c2ccc3ncc(-c4ccc(C(F)(F)F)cc4)n3n2)cc1)N1CCOCC1. The number of ether oxygens (including phenoxy) is 1. The molecular weight excluding hydrogens is 433 g/mol. The molecule has 5 rings (SSSR count). The van der Waals surface area contributed by atoms with Crippen LogP contribution in [0.5, 0.6) is 0 Å². The van der Waals surface area contributed by atoms with E-state index in [1.54, 1.807) is 33.8 Å². The highest BCUT2D eigenvalue weighted by Gasteiger charge is 2.30. The fourth-order valence-electron chi connectivity index (χ4n) is 3.79. The van der Waals surface area contributed by atoms with Crippen LogP contribution in [-0.4, -0.2) is 51.7 Å². The van der Waals surface area contributed by atoms with Crippen molar-refractivity contribution >= 4 is 11.6 Å². The fraction of sp³-hybridized carbons (Fsp3) is 0.208. The lowest BCUT2D eigenvalue weighted by Gasteiger charge is -2.26. The first-order valence-electron chi connectivity index (χ1n) is 10.4. The number of rotatable bonds is 3. The molecule has 1 fully saturated rings. The lowest BCUT2D eigenvalue weighted by molar-refractivity contribution is -0.137. The van der Waals surface area contributed by atoms with E-state index in [2.05, 4.69) is 10.1 Å². The van der Waals surface area contributed by atoms with Crippen molar-refractivity contribution in [2.75, 3.05) is 26.3 Å². The highest BCUT2D eigenvalue weighted by atomic mass is 19.4. The Labute approximate surface area is 187 Å². The van der Waals surface area contributed by atoms with E-state index >= 15 is 0 Å². The Morgan fingerprint density at radius 1 is 0.879 bits per heavy atom.